The lowest BCUT2D eigenvalue weighted by Gasteiger charge is -2.43. The van der Waals surface area contributed by atoms with Crippen molar-refractivity contribution in [1.82, 2.24) is 0 Å². The monoisotopic (exact) mass is 1050 g/mol. The first kappa shape index (κ1) is 54.8. The highest BCUT2D eigenvalue weighted by Crippen LogP contribution is 2.32. The van der Waals surface area contributed by atoms with Crippen molar-refractivity contribution in [2.24, 2.45) is 0 Å². The van der Waals surface area contributed by atoms with Crippen molar-refractivity contribution in [2.75, 3.05) is 19.8 Å². The van der Waals surface area contributed by atoms with Crippen LogP contribution in [0.5, 0.6) is 0 Å². The highest BCUT2D eigenvalue weighted by atomic mass is 32.3. The molecule has 0 spiro atoms. The highest BCUT2D eigenvalue weighted by molar-refractivity contribution is 7.82. The molecule has 9 atom stereocenters. The van der Waals surface area contributed by atoms with E-state index in [9.17, 15) is 98.5 Å². The maximum Gasteiger partial charge on any atom is 0.397 e. The van der Waals surface area contributed by atoms with Gasteiger partial charge in [0.05, 0.1) is 19.8 Å². The third-order valence-corrected chi connectivity index (χ3v) is 9.59. The highest BCUT2D eigenvalue weighted by Gasteiger charge is 2.54. The number of hydrogen-bond donors (Lipinski definition) is 9. The van der Waals surface area contributed by atoms with Crippen molar-refractivity contribution in [2.45, 2.75) is 55.1 Å². The maximum atomic E-state index is 11.8. The molecule has 0 amide bonds. The SMILES string of the molecule is O=[SH](=O)O[C@H]1[C@H](OS(=O)(=O)O)[C@@H](OS(=O)(=O)O)[C@H](OC[C@@H](OS(=O)(=O)O)[C@@H](OS(=O)(=O)O)[C@H](OS(=O)(=O)O)[C@@H](COS(=O)(=O)O)OS(=O)(=O)O)O[C@@H]1COS(=O)(=O)O. The topological polar surface area (TPSA) is 571 Å². The van der Waals surface area contributed by atoms with E-state index in [-0.39, 0.29) is 0 Å². The first-order valence-corrected chi connectivity index (χ1v) is 24.8. The van der Waals surface area contributed by atoms with Gasteiger partial charge < -0.3 is 9.47 Å². The number of thiol groups is 1. The van der Waals surface area contributed by atoms with Crippen LogP contribution in [0.2, 0.25) is 0 Å². The Bertz CT molecular complexity index is 2390. The molecule has 0 aromatic heterocycles. The zero-order chi connectivity index (χ0) is 45.7. The lowest BCUT2D eigenvalue weighted by molar-refractivity contribution is -0.291. The molecule has 1 aliphatic heterocycles. The van der Waals surface area contributed by atoms with Gasteiger partial charge in [0.25, 0.3) is 11.0 Å². The molecule has 0 radical (unpaired) electrons. The Balaban J connectivity index is 4.21. The molecule has 1 heterocycles. The summed E-state index contributed by atoms with van der Waals surface area (Å²) >= 11 is 0. The van der Waals surface area contributed by atoms with E-state index in [0.29, 0.717) is 0 Å². The third-order valence-electron chi connectivity index (χ3n) is 5.46. The van der Waals surface area contributed by atoms with E-state index in [1.54, 1.807) is 0 Å². The molecule has 1 aliphatic rings. The zero-order valence-corrected chi connectivity index (χ0v) is 33.9. The standard InChI is InChI=1S/C12H24O37S9/c13-50(14)43-7-4(2-40-51(15,16)17)42-12(11(49-58(36,37)38)10(7)48-57(33,34)35)39-1-5(44-53(21,22)23)8(46-55(27,28)29)9(47-56(30,31)32)6(45-54(24,25)26)3-41-52(18,19)20/h4-12,50H,1-3H2,(H,15,16,17)(H,18,19,20)(H,21,22,23)(H,24,25,26)(H,27,28,29)(H,30,31,32)(H,33,34,35)(H,36,37,38)/t4-,5-,6-,7-,8-,9-,10+,11-,12-/m1/s1. The van der Waals surface area contributed by atoms with Gasteiger partial charge in [-0.05, 0) is 0 Å². The summed E-state index contributed by atoms with van der Waals surface area (Å²) in [6, 6.07) is 0. The van der Waals surface area contributed by atoms with E-state index in [2.05, 4.69) is 37.6 Å². The summed E-state index contributed by atoms with van der Waals surface area (Å²) in [7, 11) is -53.4. The van der Waals surface area contributed by atoms with Crippen molar-refractivity contribution in [1.29, 1.82) is 0 Å². The van der Waals surface area contributed by atoms with Gasteiger partial charge >= 0.3 is 83.2 Å². The Morgan fingerprint density at radius 1 is 0.466 bits per heavy atom. The normalized spacial score (nSPS) is 24.3. The predicted octanol–water partition coefficient (Wildman–Crippen LogP) is -7.59. The van der Waals surface area contributed by atoms with Gasteiger partial charge in [-0.2, -0.15) is 67.3 Å². The number of hydrogen-bond acceptors (Lipinski definition) is 29. The summed E-state index contributed by atoms with van der Waals surface area (Å²) in [5.74, 6) is 0. The van der Waals surface area contributed by atoms with Crippen LogP contribution < -0.4 is 0 Å². The molecule has 0 aliphatic carbocycles. The van der Waals surface area contributed by atoms with Gasteiger partial charge in [0.2, 0.25) is 0 Å². The van der Waals surface area contributed by atoms with E-state index in [1.807, 2.05) is 0 Å². The second-order valence-corrected chi connectivity index (χ2v) is 18.8. The smallest absolute Gasteiger partial charge is 0.347 e. The summed E-state index contributed by atoms with van der Waals surface area (Å²) in [6.07, 6.45) is -29.8. The summed E-state index contributed by atoms with van der Waals surface area (Å²) in [5, 5.41) is 0. The molecular formula is C12H24O37S9. The number of rotatable bonds is 26. The first-order chi connectivity index (χ1) is 25.5. The van der Waals surface area contributed by atoms with Gasteiger partial charge in [0.1, 0.15) is 42.7 Å². The average molecular weight is 1050 g/mol. The molecule has 8 N–H and O–H groups in total. The molecule has 0 bridgehead atoms. The Morgan fingerprint density at radius 2 is 0.845 bits per heavy atom. The molecule has 1 fully saturated rings. The summed E-state index contributed by atoms with van der Waals surface area (Å²) in [6.45, 7) is -6.39. The molecule has 58 heavy (non-hydrogen) atoms. The van der Waals surface area contributed by atoms with Crippen LogP contribution in [0.4, 0.5) is 0 Å². The second-order valence-electron chi connectivity index (χ2n) is 9.67. The van der Waals surface area contributed by atoms with Crippen LogP contribution in [-0.4, -0.2) is 187 Å². The quantitative estimate of drug-likeness (QED) is 0.0287. The van der Waals surface area contributed by atoms with Gasteiger partial charge in [-0.3, -0.25) is 40.6 Å². The Hall–Kier alpha value is -1.21. The summed E-state index contributed by atoms with van der Waals surface area (Å²) in [5.41, 5.74) is 0. The van der Waals surface area contributed by atoms with Crippen LogP contribution in [0.25, 0.3) is 0 Å². The molecule has 1 saturated heterocycles. The van der Waals surface area contributed by atoms with Crippen LogP contribution >= 0.6 is 0 Å². The van der Waals surface area contributed by atoms with Crippen molar-refractivity contribution >= 4 is 94.2 Å². The molecule has 348 valence electrons. The first-order valence-electron chi connectivity index (χ1n) is 12.8. The second kappa shape index (κ2) is 20.3. The molecule has 1 rings (SSSR count). The molecule has 0 unspecified atom stereocenters. The Labute approximate surface area is 327 Å². The van der Waals surface area contributed by atoms with Crippen molar-refractivity contribution in [3.05, 3.63) is 0 Å². The Kier molecular flexibility index (Phi) is 19.2. The van der Waals surface area contributed by atoms with Crippen LogP contribution in [0, 0.1) is 0 Å². The molecule has 0 aromatic rings. The fourth-order valence-corrected chi connectivity index (χ4v) is 8.00. The lowest BCUT2D eigenvalue weighted by Crippen LogP contribution is -2.63. The van der Waals surface area contributed by atoms with E-state index in [4.69, 9.17) is 23.1 Å². The molecule has 46 heteroatoms. The molecule has 37 nitrogen and oxygen atoms in total. The van der Waals surface area contributed by atoms with Gasteiger partial charge in [0, 0.05) is 0 Å². The minimum Gasteiger partial charge on any atom is -0.347 e. The predicted molar refractivity (Wildman–Crippen MR) is 163 cm³/mol. The summed E-state index contributed by atoms with van der Waals surface area (Å²) < 4.78 is 327. The molecular weight excluding hydrogens is 1020 g/mol. The van der Waals surface area contributed by atoms with Crippen molar-refractivity contribution in [3.8, 4) is 0 Å². The maximum absolute atomic E-state index is 11.8. The minimum atomic E-state index is -6.40. The van der Waals surface area contributed by atoms with Gasteiger partial charge in [-0.15, -0.1) is 0 Å². The molecule has 0 aromatic carbocycles. The van der Waals surface area contributed by atoms with Crippen LogP contribution in [0.15, 0.2) is 0 Å². The van der Waals surface area contributed by atoms with Gasteiger partial charge in [0.15, 0.2) is 12.4 Å². The van der Waals surface area contributed by atoms with E-state index >= 15 is 0 Å². The van der Waals surface area contributed by atoms with Gasteiger partial charge in [-0.25, -0.2) is 41.9 Å². The van der Waals surface area contributed by atoms with E-state index in [1.165, 1.54) is 0 Å². The van der Waals surface area contributed by atoms with Gasteiger partial charge in [-0.1, -0.05) is 0 Å². The lowest BCUT2D eigenvalue weighted by atomic mass is 9.99. The largest absolute Gasteiger partial charge is 0.397 e. The summed E-state index contributed by atoms with van der Waals surface area (Å²) in [4.78, 5) is 0. The zero-order valence-electron chi connectivity index (χ0n) is 26.4. The van der Waals surface area contributed by atoms with Crippen LogP contribution in [-0.2, 0) is 141 Å². The number of ether oxygens (including phenoxy) is 2. The third kappa shape index (κ3) is 23.7. The van der Waals surface area contributed by atoms with Crippen molar-refractivity contribution in [3.63, 3.8) is 0 Å². The molecule has 0 saturated carbocycles. The fraction of sp³-hybridized carbons (Fsp3) is 1.00. The van der Waals surface area contributed by atoms with E-state index < -0.39 is 169 Å². The van der Waals surface area contributed by atoms with Crippen LogP contribution in [0.3, 0.4) is 0 Å². The minimum absolute atomic E-state index is 1.83. The average Bonchev–Trinajstić information content (AvgIpc) is 2.92. The fourth-order valence-electron chi connectivity index (χ4n) is 3.97. The van der Waals surface area contributed by atoms with E-state index in [0.717, 1.165) is 0 Å². The van der Waals surface area contributed by atoms with Crippen molar-refractivity contribution < 1.29 is 159 Å². The van der Waals surface area contributed by atoms with Crippen LogP contribution in [0.1, 0.15) is 0 Å². The Morgan fingerprint density at radius 3 is 1.19 bits per heavy atom.